The second-order valence-electron chi connectivity index (χ2n) is 8.37. The quantitative estimate of drug-likeness (QED) is 0.813. The maximum absolute atomic E-state index is 11.0. The van der Waals surface area contributed by atoms with E-state index in [1.807, 2.05) is 18.2 Å². The summed E-state index contributed by atoms with van der Waals surface area (Å²) in [4.78, 5) is 11.0. The van der Waals surface area contributed by atoms with Crippen LogP contribution < -0.4 is 9.47 Å². The Balaban J connectivity index is 1.54. The molecule has 0 fully saturated rings. The van der Waals surface area contributed by atoms with Gasteiger partial charge >= 0.3 is 5.97 Å². The van der Waals surface area contributed by atoms with E-state index in [1.165, 1.54) is 16.7 Å². The summed E-state index contributed by atoms with van der Waals surface area (Å²) >= 11 is 0. The monoisotopic (exact) mass is 366 g/mol. The van der Waals surface area contributed by atoms with Crippen molar-refractivity contribution in [2.45, 2.75) is 52.1 Å². The first kappa shape index (κ1) is 17.9. The summed E-state index contributed by atoms with van der Waals surface area (Å²) in [5.41, 5.74) is 5.05. The molecule has 4 rings (SSSR count). The van der Waals surface area contributed by atoms with Crippen molar-refractivity contribution in [3.8, 4) is 11.5 Å². The standard InChI is InChI=1S/C23H26O4/c1-14-12-23(2,3)9-8-19-17(14)6-7-20(19)27-16-4-5-18-15(10-22(24)25)13-26-21(18)11-16/h4-5,8-9,11-12,15,20H,6-7,10,13H2,1-3H3,(H,24,25). The van der Waals surface area contributed by atoms with Crippen LogP contribution in [-0.4, -0.2) is 23.8 Å². The van der Waals surface area contributed by atoms with Crippen molar-refractivity contribution in [3.63, 3.8) is 0 Å². The Hall–Kier alpha value is -2.49. The molecule has 0 radical (unpaired) electrons. The smallest absolute Gasteiger partial charge is 0.304 e. The number of allylic oxidation sites excluding steroid dienone is 4. The highest BCUT2D eigenvalue weighted by Gasteiger charge is 2.31. The molecule has 1 aromatic carbocycles. The molecule has 4 heteroatoms. The molecular formula is C23H26O4. The maximum atomic E-state index is 11.0. The topological polar surface area (TPSA) is 55.8 Å². The predicted octanol–water partition coefficient (Wildman–Crippen LogP) is 5.02. The fourth-order valence-electron chi connectivity index (χ4n) is 4.40. The van der Waals surface area contributed by atoms with Crippen LogP contribution in [0.25, 0.3) is 0 Å². The molecule has 0 spiro atoms. The van der Waals surface area contributed by atoms with Gasteiger partial charge in [0.2, 0.25) is 0 Å². The fraction of sp³-hybridized carbons (Fsp3) is 0.435. The van der Waals surface area contributed by atoms with Crippen molar-refractivity contribution in [3.05, 3.63) is 58.7 Å². The number of benzene rings is 1. The van der Waals surface area contributed by atoms with Gasteiger partial charge in [-0.25, -0.2) is 0 Å². The summed E-state index contributed by atoms with van der Waals surface area (Å²) in [6.07, 6.45) is 8.96. The van der Waals surface area contributed by atoms with Crippen LogP contribution in [0.5, 0.6) is 11.5 Å². The average Bonchev–Trinajstić information content (AvgIpc) is 3.13. The summed E-state index contributed by atoms with van der Waals surface area (Å²) in [6, 6.07) is 5.80. The molecule has 0 aromatic heterocycles. The van der Waals surface area contributed by atoms with E-state index >= 15 is 0 Å². The third-order valence-electron chi connectivity index (χ3n) is 5.67. The molecule has 27 heavy (non-hydrogen) atoms. The molecule has 1 aliphatic heterocycles. The highest BCUT2D eigenvalue weighted by Crippen LogP contribution is 2.42. The molecule has 2 atom stereocenters. The molecule has 0 saturated carbocycles. The predicted molar refractivity (Wildman–Crippen MR) is 104 cm³/mol. The number of fused-ring (bicyclic) bond motifs is 1. The first-order valence-electron chi connectivity index (χ1n) is 9.60. The molecule has 1 N–H and O–H groups in total. The molecule has 142 valence electrons. The van der Waals surface area contributed by atoms with E-state index in [0.29, 0.717) is 6.61 Å². The molecule has 1 aromatic rings. The highest BCUT2D eigenvalue weighted by atomic mass is 16.5. The summed E-state index contributed by atoms with van der Waals surface area (Å²) in [7, 11) is 0. The van der Waals surface area contributed by atoms with E-state index < -0.39 is 5.97 Å². The molecule has 2 aliphatic carbocycles. The maximum Gasteiger partial charge on any atom is 0.304 e. The van der Waals surface area contributed by atoms with Crippen LogP contribution in [0, 0.1) is 5.41 Å². The van der Waals surface area contributed by atoms with E-state index in [4.69, 9.17) is 14.6 Å². The molecular weight excluding hydrogens is 340 g/mol. The van der Waals surface area contributed by atoms with E-state index in [2.05, 4.69) is 39.0 Å². The lowest BCUT2D eigenvalue weighted by molar-refractivity contribution is -0.137. The molecule has 0 bridgehead atoms. The number of hydrogen-bond donors (Lipinski definition) is 1. The molecule has 2 unspecified atom stereocenters. The average molecular weight is 366 g/mol. The van der Waals surface area contributed by atoms with Crippen molar-refractivity contribution in [1.82, 2.24) is 0 Å². The molecule has 0 saturated heterocycles. The lowest BCUT2D eigenvalue weighted by atomic mass is 9.90. The van der Waals surface area contributed by atoms with E-state index in [0.717, 1.165) is 29.9 Å². The number of carboxylic acids is 1. The van der Waals surface area contributed by atoms with Gasteiger partial charge < -0.3 is 14.6 Å². The van der Waals surface area contributed by atoms with Gasteiger partial charge in [0.15, 0.2) is 0 Å². The highest BCUT2D eigenvalue weighted by molar-refractivity contribution is 5.68. The Morgan fingerprint density at radius 1 is 1.37 bits per heavy atom. The van der Waals surface area contributed by atoms with Crippen LogP contribution in [0.1, 0.15) is 51.5 Å². The van der Waals surface area contributed by atoms with Gasteiger partial charge in [-0.05, 0) is 37.0 Å². The fourth-order valence-corrected chi connectivity index (χ4v) is 4.40. The van der Waals surface area contributed by atoms with Crippen LogP contribution in [-0.2, 0) is 4.79 Å². The first-order valence-corrected chi connectivity index (χ1v) is 9.60. The van der Waals surface area contributed by atoms with Crippen LogP contribution in [0.2, 0.25) is 0 Å². The van der Waals surface area contributed by atoms with Crippen molar-refractivity contribution >= 4 is 5.97 Å². The number of carboxylic acid groups (broad SMARTS) is 1. The SMILES string of the molecule is CC1=CC(C)(C)C=CC2=C1CCC2Oc1ccc2c(c1)OCC2CC(=O)O. The summed E-state index contributed by atoms with van der Waals surface area (Å²) in [6.45, 7) is 7.05. The van der Waals surface area contributed by atoms with Crippen LogP contribution in [0.15, 0.2) is 53.1 Å². The zero-order chi connectivity index (χ0) is 19.2. The molecule has 0 amide bonds. The lowest BCUT2D eigenvalue weighted by Crippen LogP contribution is -2.15. The van der Waals surface area contributed by atoms with E-state index in [9.17, 15) is 4.79 Å². The van der Waals surface area contributed by atoms with Gasteiger partial charge in [-0.15, -0.1) is 0 Å². The van der Waals surface area contributed by atoms with Crippen LogP contribution in [0.4, 0.5) is 0 Å². The Labute approximate surface area is 160 Å². The minimum absolute atomic E-state index is 0.0442. The van der Waals surface area contributed by atoms with E-state index in [-0.39, 0.29) is 23.9 Å². The Morgan fingerprint density at radius 2 is 2.19 bits per heavy atom. The molecule has 3 aliphatic rings. The zero-order valence-corrected chi connectivity index (χ0v) is 16.1. The first-order chi connectivity index (χ1) is 12.8. The number of hydrogen-bond acceptors (Lipinski definition) is 3. The second-order valence-corrected chi connectivity index (χ2v) is 8.37. The van der Waals surface area contributed by atoms with Gasteiger partial charge in [-0.3, -0.25) is 4.79 Å². The lowest BCUT2D eigenvalue weighted by Gasteiger charge is -2.18. The van der Waals surface area contributed by atoms with Crippen LogP contribution >= 0.6 is 0 Å². The van der Waals surface area contributed by atoms with Crippen molar-refractivity contribution < 1.29 is 19.4 Å². The number of carbonyl (C=O) groups is 1. The molecule has 1 heterocycles. The number of ether oxygens (including phenoxy) is 2. The Kier molecular flexibility index (Phi) is 4.37. The number of aliphatic carboxylic acids is 1. The zero-order valence-electron chi connectivity index (χ0n) is 16.1. The summed E-state index contributed by atoms with van der Waals surface area (Å²) in [5.74, 6) is 0.655. The number of rotatable bonds is 4. The van der Waals surface area contributed by atoms with Gasteiger partial charge in [0.25, 0.3) is 0 Å². The van der Waals surface area contributed by atoms with E-state index in [1.54, 1.807) is 0 Å². The minimum atomic E-state index is -0.798. The summed E-state index contributed by atoms with van der Waals surface area (Å²) < 4.78 is 12.0. The van der Waals surface area contributed by atoms with Crippen molar-refractivity contribution in [2.24, 2.45) is 5.41 Å². The third-order valence-corrected chi connectivity index (χ3v) is 5.67. The van der Waals surface area contributed by atoms with Gasteiger partial charge in [0, 0.05) is 23.0 Å². The van der Waals surface area contributed by atoms with Gasteiger partial charge in [0.05, 0.1) is 13.0 Å². The Morgan fingerprint density at radius 3 is 2.96 bits per heavy atom. The molecule has 4 nitrogen and oxygen atoms in total. The van der Waals surface area contributed by atoms with Gasteiger partial charge in [-0.2, -0.15) is 0 Å². The second kappa shape index (κ2) is 6.59. The normalized spacial score (nSPS) is 25.4. The Bertz CT molecular complexity index is 872. The largest absolute Gasteiger partial charge is 0.492 e. The minimum Gasteiger partial charge on any atom is -0.492 e. The van der Waals surface area contributed by atoms with Crippen LogP contribution in [0.3, 0.4) is 0 Å². The summed E-state index contributed by atoms with van der Waals surface area (Å²) in [5, 5.41) is 9.04. The van der Waals surface area contributed by atoms with Gasteiger partial charge in [-0.1, -0.05) is 43.7 Å². The van der Waals surface area contributed by atoms with Crippen molar-refractivity contribution in [2.75, 3.05) is 6.61 Å². The third kappa shape index (κ3) is 3.53. The van der Waals surface area contributed by atoms with Gasteiger partial charge in [0.1, 0.15) is 17.6 Å². The van der Waals surface area contributed by atoms with Crippen molar-refractivity contribution in [1.29, 1.82) is 0 Å².